The maximum atomic E-state index is 12.3. The Morgan fingerprint density at radius 2 is 1.81 bits per heavy atom. The second kappa shape index (κ2) is 10.2. The lowest BCUT2D eigenvalue weighted by Crippen LogP contribution is -2.26. The molecule has 0 aliphatic heterocycles. The third kappa shape index (κ3) is 5.89. The first-order valence-corrected chi connectivity index (χ1v) is 8.61. The number of hydrogen-bond donors (Lipinski definition) is 3. The lowest BCUT2D eigenvalue weighted by molar-refractivity contribution is -0.116. The molecule has 0 atom stereocenters. The highest BCUT2D eigenvalue weighted by Crippen LogP contribution is 2.17. The molecule has 6 nitrogen and oxygen atoms in total. The van der Waals surface area contributed by atoms with Crippen molar-refractivity contribution in [2.75, 3.05) is 31.3 Å². The van der Waals surface area contributed by atoms with Crippen molar-refractivity contribution in [2.45, 2.75) is 19.3 Å². The van der Waals surface area contributed by atoms with Crippen LogP contribution in [0.25, 0.3) is 0 Å². The van der Waals surface area contributed by atoms with E-state index in [-0.39, 0.29) is 18.2 Å². The Kier molecular flexibility index (Phi) is 7.64. The molecule has 26 heavy (non-hydrogen) atoms. The zero-order valence-corrected chi connectivity index (χ0v) is 15.0. The molecule has 2 rings (SSSR count). The van der Waals surface area contributed by atoms with E-state index in [9.17, 15) is 9.59 Å². The average Bonchev–Trinajstić information content (AvgIpc) is 2.65. The first-order valence-electron chi connectivity index (χ1n) is 8.61. The van der Waals surface area contributed by atoms with Gasteiger partial charge in [-0.1, -0.05) is 30.3 Å². The number of aryl methyl sites for hydroxylation is 1. The number of carbonyl (C=O) groups excluding carboxylic acids is 2. The molecule has 0 aliphatic carbocycles. The SMILES string of the molecule is COCCCNC(=O)c1ccccc1NC(=O)CCc1ccccc1N. The van der Waals surface area contributed by atoms with Crippen LogP contribution < -0.4 is 16.4 Å². The molecule has 0 unspecified atom stereocenters. The van der Waals surface area contributed by atoms with Crippen LogP contribution in [0, 0.1) is 0 Å². The normalized spacial score (nSPS) is 10.3. The van der Waals surface area contributed by atoms with Gasteiger partial charge in [-0.05, 0) is 36.6 Å². The fourth-order valence-electron chi connectivity index (χ4n) is 2.53. The number of para-hydroxylation sites is 2. The number of rotatable bonds is 9. The number of methoxy groups -OCH3 is 1. The fourth-order valence-corrected chi connectivity index (χ4v) is 2.53. The lowest BCUT2D eigenvalue weighted by atomic mass is 10.1. The molecule has 0 bridgehead atoms. The van der Waals surface area contributed by atoms with Crippen LogP contribution in [-0.2, 0) is 16.0 Å². The van der Waals surface area contributed by atoms with Gasteiger partial charge in [0.1, 0.15) is 0 Å². The monoisotopic (exact) mass is 355 g/mol. The van der Waals surface area contributed by atoms with Gasteiger partial charge >= 0.3 is 0 Å². The van der Waals surface area contributed by atoms with Crippen molar-refractivity contribution in [3.8, 4) is 0 Å². The molecule has 138 valence electrons. The van der Waals surface area contributed by atoms with Crippen LogP contribution in [0.3, 0.4) is 0 Å². The highest BCUT2D eigenvalue weighted by atomic mass is 16.5. The van der Waals surface area contributed by atoms with E-state index in [1.54, 1.807) is 31.4 Å². The summed E-state index contributed by atoms with van der Waals surface area (Å²) in [6.45, 7) is 1.10. The summed E-state index contributed by atoms with van der Waals surface area (Å²) < 4.78 is 4.96. The molecule has 0 aliphatic rings. The van der Waals surface area contributed by atoms with Crippen LogP contribution in [-0.4, -0.2) is 32.1 Å². The maximum absolute atomic E-state index is 12.3. The summed E-state index contributed by atoms with van der Waals surface area (Å²) in [5.41, 5.74) is 8.46. The quantitative estimate of drug-likeness (QED) is 0.476. The number of carbonyl (C=O) groups is 2. The Morgan fingerprint density at radius 1 is 1.08 bits per heavy atom. The number of nitrogens with two attached hydrogens (primary N) is 1. The van der Waals surface area contributed by atoms with E-state index in [2.05, 4.69) is 10.6 Å². The first kappa shape index (κ1) is 19.5. The topological polar surface area (TPSA) is 93.5 Å². The van der Waals surface area contributed by atoms with Gasteiger partial charge < -0.3 is 21.1 Å². The van der Waals surface area contributed by atoms with E-state index in [1.807, 2.05) is 24.3 Å². The molecule has 0 spiro atoms. The Morgan fingerprint density at radius 3 is 2.58 bits per heavy atom. The van der Waals surface area contributed by atoms with Crippen LogP contribution in [0.4, 0.5) is 11.4 Å². The second-order valence-corrected chi connectivity index (χ2v) is 5.89. The highest BCUT2D eigenvalue weighted by Gasteiger charge is 2.13. The van der Waals surface area contributed by atoms with Crippen molar-refractivity contribution in [3.05, 3.63) is 59.7 Å². The van der Waals surface area contributed by atoms with Crippen LogP contribution in [0.5, 0.6) is 0 Å². The molecule has 0 aromatic heterocycles. The van der Waals surface area contributed by atoms with Crippen molar-refractivity contribution >= 4 is 23.2 Å². The van der Waals surface area contributed by atoms with Gasteiger partial charge in [-0.25, -0.2) is 0 Å². The third-order valence-corrected chi connectivity index (χ3v) is 3.93. The molecular weight excluding hydrogens is 330 g/mol. The van der Waals surface area contributed by atoms with Crippen LogP contribution in [0.15, 0.2) is 48.5 Å². The van der Waals surface area contributed by atoms with Crippen molar-refractivity contribution in [1.29, 1.82) is 0 Å². The molecule has 4 N–H and O–H groups in total. The zero-order valence-electron chi connectivity index (χ0n) is 15.0. The average molecular weight is 355 g/mol. The highest BCUT2D eigenvalue weighted by molar-refractivity contribution is 6.03. The van der Waals surface area contributed by atoms with Crippen molar-refractivity contribution in [2.24, 2.45) is 0 Å². The summed E-state index contributed by atoms with van der Waals surface area (Å²) in [6.07, 6.45) is 1.57. The summed E-state index contributed by atoms with van der Waals surface area (Å²) in [5.74, 6) is -0.378. The van der Waals surface area contributed by atoms with Gasteiger partial charge in [0.2, 0.25) is 5.91 Å². The van der Waals surface area contributed by atoms with E-state index in [0.717, 1.165) is 12.0 Å². The minimum Gasteiger partial charge on any atom is -0.399 e. The largest absolute Gasteiger partial charge is 0.399 e. The third-order valence-electron chi connectivity index (χ3n) is 3.93. The van der Waals surface area contributed by atoms with Crippen molar-refractivity contribution in [3.63, 3.8) is 0 Å². The summed E-state index contributed by atoms with van der Waals surface area (Å²) >= 11 is 0. The molecule has 2 amide bonds. The van der Waals surface area contributed by atoms with E-state index in [4.69, 9.17) is 10.5 Å². The second-order valence-electron chi connectivity index (χ2n) is 5.89. The van der Waals surface area contributed by atoms with Crippen molar-refractivity contribution < 1.29 is 14.3 Å². The lowest BCUT2D eigenvalue weighted by Gasteiger charge is -2.12. The minimum absolute atomic E-state index is 0.159. The van der Waals surface area contributed by atoms with Gasteiger partial charge in [0, 0.05) is 32.4 Å². The number of benzene rings is 2. The van der Waals surface area contributed by atoms with Gasteiger partial charge in [0.25, 0.3) is 5.91 Å². The maximum Gasteiger partial charge on any atom is 0.253 e. The predicted octanol–water partition coefficient (Wildman–Crippen LogP) is 2.61. The number of ether oxygens (including phenoxy) is 1. The molecule has 0 fully saturated rings. The first-order chi connectivity index (χ1) is 12.6. The number of anilines is 2. The number of hydrogen-bond acceptors (Lipinski definition) is 4. The number of nitrogen functional groups attached to an aromatic ring is 1. The summed E-state index contributed by atoms with van der Waals surface area (Å²) in [7, 11) is 1.62. The Balaban J connectivity index is 1.93. The van der Waals surface area contributed by atoms with E-state index in [1.165, 1.54) is 0 Å². The Hall–Kier alpha value is -2.86. The predicted molar refractivity (Wildman–Crippen MR) is 103 cm³/mol. The molecule has 0 saturated carbocycles. The van der Waals surface area contributed by atoms with Gasteiger partial charge in [-0.15, -0.1) is 0 Å². The molecule has 2 aromatic rings. The van der Waals surface area contributed by atoms with E-state index < -0.39 is 0 Å². The zero-order chi connectivity index (χ0) is 18.8. The molecule has 0 saturated heterocycles. The van der Waals surface area contributed by atoms with Crippen LogP contribution in [0.2, 0.25) is 0 Å². The fraction of sp³-hybridized carbons (Fsp3) is 0.300. The smallest absolute Gasteiger partial charge is 0.253 e. The van der Waals surface area contributed by atoms with Crippen LogP contribution in [0.1, 0.15) is 28.8 Å². The number of nitrogens with one attached hydrogen (secondary N) is 2. The van der Waals surface area contributed by atoms with E-state index in [0.29, 0.717) is 36.5 Å². The summed E-state index contributed by atoms with van der Waals surface area (Å²) in [6, 6.07) is 14.4. The standard InChI is InChI=1S/C20H25N3O3/c1-26-14-6-13-22-20(25)16-8-3-5-10-18(16)23-19(24)12-11-15-7-2-4-9-17(15)21/h2-5,7-10H,6,11-14,21H2,1H3,(H,22,25)(H,23,24). The van der Waals surface area contributed by atoms with Gasteiger partial charge in [0.05, 0.1) is 11.3 Å². The molecule has 2 aromatic carbocycles. The summed E-state index contributed by atoms with van der Waals surface area (Å²) in [4.78, 5) is 24.6. The molecule has 0 radical (unpaired) electrons. The van der Waals surface area contributed by atoms with Gasteiger partial charge in [-0.2, -0.15) is 0 Å². The minimum atomic E-state index is -0.218. The summed E-state index contributed by atoms with van der Waals surface area (Å²) in [5, 5.41) is 5.64. The molecule has 0 heterocycles. The molecule has 6 heteroatoms. The van der Waals surface area contributed by atoms with Crippen LogP contribution >= 0.6 is 0 Å². The van der Waals surface area contributed by atoms with Gasteiger partial charge in [0.15, 0.2) is 0 Å². The van der Waals surface area contributed by atoms with Crippen molar-refractivity contribution in [1.82, 2.24) is 5.32 Å². The van der Waals surface area contributed by atoms with E-state index >= 15 is 0 Å². The molecular formula is C20H25N3O3. The number of amides is 2. The van der Waals surface area contributed by atoms with Gasteiger partial charge in [-0.3, -0.25) is 9.59 Å². The Bertz CT molecular complexity index is 747. The Labute approximate surface area is 153 Å².